The van der Waals surface area contributed by atoms with Crippen LogP contribution in [0.25, 0.3) is 11.3 Å². The summed E-state index contributed by atoms with van der Waals surface area (Å²) < 4.78 is 68.6. The lowest BCUT2D eigenvalue weighted by molar-refractivity contribution is -0.149. The van der Waals surface area contributed by atoms with Crippen LogP contribution in [0.5, 0.6) is 11.5 Å². The second kappa shape index (κ2) is 13.5. The van der Waals surface area contributed by atoms with E-state index in [2.05, 4.69) is 10.3 Å². The van der Waals surface area contributed by atoms with Gasteiger partial charge in [0.25, 0.3) is 5.91 Å². The molecule has 11 heteroatoms. The smallest absolute Gasteiger partial charge is 0.398 e. The third-order valence-corrected chi connectivity index (χ3v) is 7.80. The van der Waals surface area contributed by atoms with Crippen molar-refractivity contribution in [2.75, 3.05) is 20.3 Å². The number of carbonyl (C=O) groups excluding carboxylic acids is 1. The van der Waals surface area contributed by atoms with E-state index in [9.17, 15) is 27.5 Å². The van der Waals surface area contributed by atoms with Crippen LogP contribution in [0.3, 0.4) is 0 Å². The number of ether oxygens (including phenoxy) is 2. The molecule has 6 nitrogen and oxygen atoms in total. The topological polar surface area (TPSA) is 80.7 Å². The summed E-state index contributed by atoms with van der Waals surface area (Å²) in [7, 11) is 1.42. The lowest BCUT2D eigenvalue weighted by atomic mass is 9.79. The van der Waals surface area contributed by atoms with Crippen LogP contribution >= 0.6 is 11.6 Å². The maximum atomic E-state index is 14.6. The SMILES string of the molecule is COc1cc(C(=O)NCC(c2cc(C(C)(C)CCCCO)cc(-c3ccc(F)c(Cl)c3)n2)C(F)(F)F)ccc1OC1CC1. The lowest BCUT2D eigenvalue weighted by Crippen LogP contribution is -2.36. The Morgan fingerprint density at radius 2 is 1.84 bits per heavy atom. The average Bonchev–Trinajstić information content (AvgIpc) is 3.78. The maximum absolute atomic E-state index is 14.6. The zero-order valence-corrected chi connectivity index (χ0v) is 25.0. The fourth-order valence-corrected chi connectivity index (χ4v) is 4.88. The molecule has 3 aromatic rings. The van der Waals surface area contributed by atoms with Crippen molar-refractivity contribution in [3.8, 4) is 22.8 Å². The zero-order chi connectivity index (χ0) is 31.4. The van der Waals surface area contributed by atoms with Crippen LogP contribution in [0.4, 0.5) is 17.6 Å². The summed E-state index contributed by atoms with van der Waals surface area (Å²) in [4.78, 5) is 17.3. The summed E-state index contributed by atoms with van der Waals surface area (Å²) in [6.45, 7) is 3.05. The molecule has 0 saturated heterocycles. The summed E-state index contributed by atoms with van der Waals surface area (Å²) in [6, 6.07) is 11.4. The molecule has 1 amide bonds. The first-order chi connectivity index (χ1) is 20.3. The first-order valence-electron chi connectivity index (χ1n) is 14.1. The Kier molecular flexibility index (Phi) is 10.2. The molecule has 1 heterocycles. The minimum absolute atomic E-state index is 0.00892. The number of hydrogen-bond acceptors (Lipinski definition) is 5. The fourth-order valence-electron chi connectivity index (χ4n) is 4.70. The number of amides is 1. The Balaban J connectivity index is 1.66. The monoisotopic (exact) mass is 622 g/mol. The van der Waals surface area contributed by atoms with Gasteiger partial charge < -0.3 is 19.9 Å². The van der Waals surface area contributed by atoms with E-state index in [1.807, 2.05) is 13.8 Å². The number of nitrogens with zero attached hydrogens (tertiary/aromatic N) is 1. The normalized spacial score (nSPS) is 14.3. The van der Waals surface area contributed by atoms with E-state index in [0.717, 1.165) is 18.9 Å². The van der Waals surface area contributed by atoms with Crippen molar-refractivity contribution in [2.45, 2.75) is 69.6 Å². The van der Waals surface area contributed by atoms with Crippen LogP contribution in [0.1, 0.15) is 73.5 Å². The predicted octanol–water partition coefficient (Wildman–Crippen LogP) is 7.61. The van der Waals surface area contributed by atoms with E-state index in [-0.39, 0.29) is 34.7 Å². The molecule has 1 saturated carbocycles. The van der Waals surface area contributed by atoms with Crippen molar-refractivity contribution >= 4 is 17.5 Å². The van der Waals surface area contributed by atoms with Crippen LogP contribution in [-0.2, 0) is 5.41 Å². The van der Waals surface area contributed by atoms with E-state index < -0.39 is 35.8 Å². The number of benzene rings is 2. The molecule has 4 rings (SSSR count). The molecule has 1 fully saturated rings. The standard InChI is InChI=1S/C32H35ClF4N2O4/c1-31(2,12-4-5-13-40)21-16-26(19-6-10-25(34)24(33)14-19)39-27(17-21)23(32(35,36)37)18-38-30(41)20-7-11-28(29(15-20)42-3)43-22-8-9-22/h6-7,10-11,14-17,22-23,40H,4-5,8-9,12-13,18H2,1-3H3,(H,38,41). The average molecular weight is 623 g/mol. The van der Waals surface area contributed by atoms with Crippen molar-refractivity contribution in [2.24, 2.45) is 0 Å². The number of halogens is 5. The highest BCUT2D eigenvalue weighted by Crippen LogP contribution is 2.39. The second-order valence-corrected chi connectivity index (χ2v) is 11.8. The molecule has 1 unspecified atom stereocenters. The van der Waals surface area contributed by atoms with Gasteiger partial charge in [-0.2, -0.15) is 13.2 Å². The van der Waals surface area contributed by atoms with Crippen LogP contribution < -0.4 is 14.8 Å². The maximum Gasteiger partial charge on any atom is 0.398 e. The summed E-state index contributed by atoms with van der Waals surface area (Å²) in [5, 5.41) is 11.4. The second-order valence-electron chi connectivity index (χ2n) is 11.3. The van der Waals surface area contributed by atoms with E-state index in [1.165, 1.54) is 37.4 Å². The number of aliphatic hydroxyl groups is 1. The third-order valence-electron chi connectivity index (χ3n) is 7.51. The van der Waals surface area contributed by atoms with Gasteiger partial charge in [-0.05, 0) is 85.2 Å². The molecule has 0 bridgehead atoms. The van der Waals surface area contributed by atoms with Gasteiger partial charge >= 0.3 is 6.18 Å². The lowest BCUT2D eigenvalue weighted by Gasteiger charge is -2.28. The summed E-state index contributed by atoms with van der Waals surface area (Å²) in [5.41, 5.74) is 0.386. The molecule has 2 aromatic carbocycles. The van der Waals surface area contributed by atoms with E-state index >= 15 is 0 Å². The molecule has 1 aromatic heterocycles. The number of pyridine rings is 1. The number of aliphatic hydroxyl groups excluding tert-OH is 1. The fraction of sp³-hybridized carbons (Fsp3) is 0.438. The number of hydrogen-bond donors (Lipinski definition) is 2. The highest BCUT2D eigenvalue weighted by atomic mass is 35.5. The van der Waals surface area contributed by atoms with Crippen molar-refractivity contribution in [3.05, 3.63) is 76.2 Å². The number of carbonyl (C=O) groups is 1. The Bertz CT molecular complexity index is 1440. The van der Waals surface area contributed by atoms with Crippen LogP contribution in [0, 0.1) is 5.82 Å². The third kappa shape index (κ3) is 8.38. The van der Waals surface area contributed by atoms with Crippen molar-refractivity contribution in [1.82, 2.24) is 10.3 Å². The summed E-state index contributed by atoms with van der Waals surface area (Å²) >= 11 is 5.98. The van der Waals surface area contributed by atoms with Crippen molar-refractivity contribution < 1.29 is 36.9 Å². The Morgan fingerprint density at radius 1 is 1.09 bits per heavy atom. The van der Waals surface area contributed by atoms with Gasteiger partial charge in [0.15, 0.2) is 11.5 Å². The van der Waals surface area contributed by atoms with Crippen molar-refractivity contribution in [1.29, 1.82) is 0 Å². The number of aromatic nitrogens is 1. The zero-order valence-electron chi connectivity index (χ0n) is 24.2. The van der Waals surface area contributed by atoms with Gasteiger partial charge in [0.1, 0.15) is 11.7 Å². The minimum atomic E-state index is -4.75. The predicted molar refractivity (Wildman–Crippen MR) is 156 cm³/mol. The van der Waals surface area contributed by atoms with Gasteiger partial charge in [-0.3, -0.25) is 9.78 Å². The molecule has 0 radical (unpaired) electrons. The van der Waals surface area contributed by atoms with Gasteiger partial charge in [0.2, 0.25) is 0 Å². The molecular formula is C32H35ClF4N2O4. The molecule has 0 spiro atoms. The van der Waals surface area contributed by atoms with Gasteiger partial charge in [-0.1, -0.05) is 31.9 Å². The summed E-state index contributed by atoms with van der Waals surface area (Å²) in [6.07, 6.45) is -0.999. The molecule has 1 atom stereocenters. The van der Waals surface area contributed by atoms with Gasteiger partial charge in [0, 0.05) is 24.3 Å². The number of nitrogens with one attached hydrogen (secondary N) is 1. The minimum Gasteiger partial charge on any atom is -0.493 e. The first-order valence-corrected chi connectivity index (χ1v) is 14.5. The molecule has 0 aliphatic heterocycles. The van der Waals surface area contributed by atoms with Gasteiger partial charge in [0.05, 0.1) is 29.6 Å². The number of rotatable bonds is 13. The molecule has 2 N–H and O–H groups in total. The van der Waals surface area contributed by atoms with Crippen LogP contribution in [0.15, 0.2) is 48.5 Å². The highest BCUT2D eigenvalue weighted by molar-refractivity contribution is 6.31. The first kappa shape index (κ1) is 32.5. The van der Waals surface area contributed by atoms with E-state index in [4.69, 9.17) is 21.1 Å². The van der Waals surface area contributed by atoms with E-state index in [0.29, 0.717) is 41.9 Å². The largest absolute Gasteiger partial charge is 0.493 e. The molecule has 43 heavy (non-hydrogen) atoms. The molecule has 232 valence electrons. The van der Waals surface area contributed by atoms with Gasteiger partial charge in [-0.15, -0.1) is 0 Å². The van der Waals surface area contributed by atoms with E-state index in [1.54, 1.807) is 12.1 Å². The number of methoxy groups -OCH3 is 1. The quantitative estimate of drug-likeness (QED) is 0.152. The number of alkyl halides is 3. The Labute approximate surface area is 253 Å². The Morgan fingerprint density at radius 3 is 2.47 bits per heavy atom. The Hall–Kier alpha value is -3.37. The van der Waals surface area contributed by atoms with Gasteiger partial charge in [-0.25, -0.2) is 4.39 Å². The van der Waals surface area contributed by atoms with Crippen LogP contribution in [0.2, 0.25) is 5.02 Å². The summed E-state index contributed by atoms with van der Waals surface area (Å²) in [5.74, 6) is -2.74. The van der Waals surface area contributed by atoms with Crippen LogP contribution in [-0.4, -0.2) is 48.5 Å². The highest BCUT2D eigenvalue weighted by Gasteiger charge is 2.42. The van der Waals surface area contributed by atoms with Crippen molar-refractivity contribution in [3.63, 3.8) is 0 Å². The molecule has 1 aliphatic rings. The number of unbranched alkanes of at least 4 members (excludes halogenated alkanes) is 1. The molecule has 1 aliphatic carbocycles. The molecular weight excluding hydrogens is 588 g/mol.